The van der Waals surface area contributed by atoms with Crippen LogP contribution in [-0.4, -0.2) is 36.1 Å². The Bertz CT molecular complexity index is 768. The summed E-state index contributed by atoms with van der Waals surface area (Å²) in [6, 6.07) is 6.89. The Morgan fingerprint density at radius 1 is 0.667 bits per heavy atom. The number of aryl methyl sites for hydroxylation is 4. The van der Waals surface area contributed by atoms with Gasteiger partial charge in [-0.2, -0.15) is 0 Å². The number of nitrogens with zero attached hydrogens (tertiary/aromatic N) is 2. The maximum absolute atomic E-state index is 11.3. The standard InChI is InChI=1S/C16H16N2O4Se2/c1-9-5-13(17(19)20)15(7-11(9)3)23-24-16-8-12(4)10(2)6-14(16)18(21)22/h5-8H,1-4H3. The molecule has 0 saturated carbocycles. The Morgan fingerprint density at radius 2 is 0.958 bits per heavy atom. The van der Waals surface area contributed by atoms with E-state index in [4.69, 9.17) is 0 Å². The molecule has 0 spiro atoms. The SMILES string of the molecule is Cc1cc([Se][Se]c2cc(C)c(C)cc2[N+](=O)[O-])c([N+](=O)[O-])cc1C. The predicted octanol–water partition coefficient (Wildman–Crippen LogP) is 2.01. The van der Waals surface area contributed by atoms with Crippen LogP contribution in [0.5, 0.6) is 0 Å². The minimum absolute atomic E-state index is 0.117. The van der Waals surface area contributed by atoms with Crippen LogP contribution in [0.15, 0.2) is 24.3 Å². The van der Waals surface area contributed by atoms with E-state index in [1.807, 2.05) is 39.8 Å². The van der Waals surface area contributed by atoms with Crippen molar-refractivity contribution in [1.82, 2.24) is 0 Å². The van der Waals surface area contributed by atoms with Crippen molar-refractivity contribution in [2.24, 2.45) is 0 Å². The summed E-state index contributed by atoms with van der Waals surface area (Å²) < 4.78 is 1.39. The second-order valence-electron chi connectivity index (χ2n) is 5.49. The molecule has 0 aliphatic heterocycles. The molecule has 0 amide bonds. The normalized spacial score (nSPS) is 10.7. The summed E-state index contributed by atoms with van der Waals surface area (Å²) in [4.78, 5) is 21.8. The number of hydrogen-bond donors (Lipinski definition) is 0. The third-order valence-electron chi connectivity index (χ3n) is 3.77. The van der Waals surface area contributed by atoms with Crippen LogP contribution >= 0.6 is 0 Å². The van der Waals surface area contributed by atoms with Gasteiger partial charge in [-0.3, -0.25) is 0 Å². The van der Waals surface area contributed by atoms with Gasteiger partial charge >= 0.3 is 151 Å². The summed E-state index contributed by atoms with van der Waals surface area (Å²) >= 11 is -0.388. The zero-order valence-electron chi connectivity index (χ0n) is 13.7. The van der Waals surface area contributed by atoms with E-state index in [-0.39, 0.29) is 47.5 Å². The molecule has 0 fully saturated rings. The zero-order valence-corrected chi connectivity index (χ0v) is 17.1. The van der Waals surface area contributed by atoms with Crippen molar-refractivity contribution in [3.63, 3.8) is 0 Å². The van der Waals surface area contributed by atoms with Gasteiger partial charge in [-0.05, 0) is 0 Å². The van der Waals surface area contributed by atoms with Crippen molar-refractivity contribution in [2.45, 2.75) is 27.7 Å². The molecule has 2 rings (SSSR count). The van der Waals surface area contributed by atoms with E-state index in [0.29, 0.717) is 8.92 Å². The Labute approximate surface area is 150 Å². The van der Waals surface area contributed by atoms with E-state index in [9.17, 15) is 20.2 Å². The summed E-state index contributed by atoms with van der Waals surface area (Å²) in [5.41, 5.74) is 4.00. The molecule has 0 atom stereocenters. The molecule has 0 N–H and O–H groups in total. The molecule has 0 radical (unpaired) electrons. The molecule has 0 bridgehead atoms. The average Bonchev–Trinajstić information content (AvgIpc) is 2.50. The van der Waals surface area contributed by atoms with Gasteiger partial charge in [0.05, 0.1) is 0 Å². The van der Waals surface area contributed by atoms with Gasteiger partial charge in [0.25, 0.3) is 0 Å². The van der Waals surface area contributed by atoms with Gasteiger partial charge in [-0.15, -0.1) is 0 Å². The summed E-state index contributed by atoms with van der Waals surface area (Å²) in [7, 11) is 0. The molecule has 6 nitrogen and oxygen atoms in total. The first-order valence-electron chi connectivity index (χ1n) is 7.06. The average molecular weight is 458 g/mol. The van der Waals surface area contributed by atoms with Gasteiger partial charge in [-0.1, -0.05) is 0 Å². The zero-order chi connectivity index (χ0) is 18.0. The first-order valence-corrected chi connectivity index (χ1v) is 13.1. The molecular formula is C16H16N2O4Se2. The quantitative estimate of drug-likeness (QED) is 0.390. The van der Waals surface area contributed by atoms with Crippen molar-refractivity contribution in [3.8, 4) is 0 Å². The first-order chi connectivity index (χ1) is 11.2. The number of benzene rings is 2. The Kier molecular flexibility index (Phi) is 5.78. The monoisotopic (exact) mass is 460 g/mol. The molecule has 24 heavy (non-hydrogen) atoms. The fraction of sp³-hybridized carbons (Fsp3) is 0.250. The molecular weight excluding hydrogens is 442 g/mol. The van der Waals surface area contributed by atoms with Crippen LogP contribution < -0.4 is 8.92 Å². The van der Waals surface area contributed by atoms with E-state index < -0.39 is 0 Å². The van der Waals surface area contributed by atoms with Crippen LogP contribution in [-0.2, 0) is 0 Å². The van der Waals surface area contributed by atoms with Crippen LogP contribution in [0.1, 0.15) is 22.3 Å². The molecule has 0 aliphatic rings. The van der Waals surface area contributed by atoms with Gasteiger partial charge in [0.15, 0.2) is 0 Å². The van der Waals surface area contributed by atoms with Crippen LogP contribution in [0.2, 0.25) is 0 Å². The van der Waals surface area contributed by atoms with Gasteiger partial charge < -0.3 is 0 Å². The molecule has 8 heteroatoms. The first kappa shape index (κ1) is 18.6. The van der Waals surface area contributed by atoms with Gasteiger partial charge in [0.2, 0.25) is 0 Å². The molecule has 2 aromatic carbocycles. The van der Waals surface area contributed by atoms with Crippen molar-refractivity contribution in [1.29, 1.82) is 0 Å². The van der Waals surface area contributed by atoms with Crippen molar-refractivity contribution in [2.75, 3.05) is 0 Å². The Morgan fingerprint density at radius 3 is 1.25 bits per heavy atom. The minimum atomic E-state index is -0.367. The van der Waals surface area contributed by atoms with Crippen LogP contribution in [0.4, 0.5) is 11.4 Å². The van der Waals surface area contributed by atoms with E-state index >= 15 is 0 Å². The fourth-order valence-corrected chi connectivity index (χ4v) is 9.16. The van der Waals surface area contributed by atoms with Gasteiger partial charge in [-0.25, -0.2) is 0 Å². The van der Waals surface area contributed by atoms with E-state index in [1.54, 1.807) is 12.1 Å². The second kappa shape index (κ2) is 7.45. The van der Waals surface area contributed by atoms with Crippen LogP contribution in [0, 0.1) is 47.9 Å². The van der Waals surface area contributed by atoms with Crippen molar-refractivity contribution >= 4 is 46.6 Å². The summed E-state index contributed by atoms with van der Waals surface area (Å²) in [6.45, 7) is 7.53. The molecule has 0 unspecified atom stereocenters. The topological polar surface area (TPSA) is 86.3 Å². The van der Waals surface area contributed by atoms with Crippen LogP contribution in [0.25, 0.3) is 0 Å². The van der Waals surface area contributed by atoms with Crippen molar-refractivity contribution < 1.29 is 9.85 Å². The number of rotatable bonds is 5. The second-order valence-corrected chi connectivity index (χ2v) is 11.7. The fourth-order valence-electron chi connectivity index (χ4n) is 2.06. The summed E-state index contributed by atoms with van der Waals surface area (Å²) in [5.74, 6) is 0. The van der Waals surface area contributed by atoms with Crippen molar-refractivity contribution in [3.05, 3.63) is 66.7 Å². The Balaban J connectivity index is 2.38. The van der Waals surface area contributed by atoms with E-state index in [2.05, 4.69) is 0 Å². The molecule has 126 valence electrons. The summed E-state index contributed by atoms with van der Waals surface area (Å²) in [5, 5.41) is 22.6. The van der Waals surface area contributed by atoms with Gasteiger partial charge in [0.1, 0.15) is 0 Å². The molecule has 2 aromatic rings. The van der Waals surface area contributed by atoms with E-state index in [0.717, 1.165) is 22.3 Å². The predicted molar refractivity (Wildman–Crippen MR) is 95.9 cm³/mol. The molecule has 0 saturated heterocycles. The van der Waals surface area contributed by atoms with Gasteiger partial charge in [0, 0.05) is 0 Å². The molecule has 0 aliphatic carbocycles. The summed E-state index contributed by atoms with van der Waals surface area (Å²) in [6.07, 6.45) is 0. The Hall–Kier alpha value is -1.72. The number of nitro benzene ring substituents is 2. The maximum atomic E-state index is 11.3. The van der Waals surface area contributed by atoms with E-state index in [1.165, 1.54) is 0 Å². The third kappa shape index (κ3) is 4.02. The third-order valence-corrected chi connectivity index (χ3v) is 10.9. The molecule has 0 aromatic heterocycles. The number of hydrogen-bond acceptors (Lipinski definition) is 4. The van der Waals surface area contributed by atoms with Crippen LogP contribution in [0.3, 0.4) is 0 Å². The molecule has 0 heterocycles. The number of nitro groups is 2.